The summed E-state index contributed by atoms with van der Waals surface area (Å²) in [4.78, 5) is 12.2. The van der Waals surface area contributed by atoms with Gasteiger partial charge in [0.15, 0.2) is 11.5 Å². The van der Waals surface area contributed by atoms with E-state index < -0.39 is 22.0 Å². The van der Waals surface area contributed by atoms with E-state index in [1.54, 1.807) is 18.2 Å². The Morgan fingerprint density at radius 2 is 2.00 bits per heavy atom. The van der Waals surface area contributed by atoms with Crippen molar-refractivity contribution in [2.24, 2.45) is 5.14 Å². The number of methoxy groups -OCH3 is 1. The predicted octanol–water partition coefficient (Wildman–Crippen LogP) is 0.241. The number of carbonyl (C=O) groups is 1. The monoisotopic (exact) mass is 424 g/mol. The zero-order valence-corrected chi connectivity index (χ0v) is 16.3. The van der Waals surface area contributed by atoms with Crippen LogP contribution in [0.5, 0.6) is 23.0 Å². The molecule has 1 atom stereocenters. The number of primary sulfonamides is 1. The van der Waals surface area contributed by atoms with Crippen LogP contribution in [0, 0.1) is 0 Å². The molecule has 1 unspecified atom stereocenters. The van der Waals surface area contributed by atoms with Crippen LogP contribution in [0.4, 0.5) is 0 Å². The summed E-state index contributed by atoms with van der Waals surface area (Å²) in [5.41, 5.74) is -0.0251. The Morgan fingerprint density at radius 1 is 1.24 bits per heavy atom. The second-order valence-electron chi connectivity index (χ2n) is 6.10. The van der Waals surface area contributed by atoms with Gasteiger partial charge in [0.2, 0.25) is 16.8 Å². The van der Waals surface area contributed by atoms with Gasteiger partial charge in [0, 0.05) is 12.6 Å². The van der Waals surface area contributed by atoms with Crippen LogP contribution in [-0.4, -0.2) is 52.6 Å². The van der Waals surface area contributed by atoms with E-state index in [-0.39, 0.29) is 36.2 Å². The highest BCUT2D eigenvalue weighted by Gasteiger charge is 2.19. The molecule has 0 saturated heterocycles. The third-order valence-corrected chi connectivity index (χ3v) is 4.94. The Kier molecular flexibility index (Phi) is 6.11. The van der Waals surface area contributed by atoms with Crippen molar-refractivity contribution in [3.05, 3.63) is 42.0 Å². The van der Waals surface area contributed by atoms with Crippen molar-refractivity contribution in [1.82, 2.24) is 5.32 Å². The van der Waals surface area contributed by atoms with Crippen LogP contribution in [0.1, 0.15) is 10.4 Å². The summed E-state index contributed by atoms with van der Waals surface area (Å²) in [7, 11) is -2.64. The van der Waals surface area contributed by atoms with Crippen molar-refractivity contribution in [3.8, 4) is 23.0 Å². The first kappa shape index (κ1) is 20.7. The second-order valence-corrected chi connectivity index (χ2v) is 7.66. The maximum atomic E-state index is 12.4. The fourth-order valence-corrected chi connectivity index (χ4v) is 3.11. The number of aliphatic hydroxyl groups is 1. The second kappa shape index (κ2) is 8.55. The van der Waals surface area contributed by atoms with Gasteiger partial charge in [-0.25, -0.2) is 13.6 Å². The van der Waals surface area contributed by atoms with E-state index in [9.17, 15) is 18.3 Å². The molecule has 2 aromatic rings. The van der Waals surface area contributed by atoms with Crippen LogP contribution in [0.15, 0.2) is 41.3 Å². The largest absolute Gasteiger partial charge is 0.496 e. The van der Waals surface area contributed by atoms with Crippen LogP contribution in [-0.2, 0) is 10.0 Å². The smallest absolute Gasteiger partial charge is 0.255 e. The van der Waals surface area contributed by atoms with Gasteiger partial charge in [0.05, 0.1) is 17.6 Å². The zero-order valence-electron chi connectivity index (χ0n) is 15.5. The highest BCUT2D eigenvalue weighted by Crippen LogP contribution is 2.35. The Morgan fingerprint density at radius 3 is 2.72 bits per heavy atom. The first-order chi connectivity index (χ1) is 13.8. The Hall–Kier alpha value is -3.02. The van der Waals surface area contributed by atoms with Gasteiger partial charge in [-0.15, -0.1) is 0 Å². The zero-order chi connectivity index (χ0) is 21.0. The Balaban J connectivity index is 1.57. The number of fused-ring (bicyclic) bond motifs is 1. The van der Waals surface area contributed by atoms with Crippen molar-refractivity contribution in [1.29, 1.82) is 0 Å². The van der Waals surface area contributed by atoms with Crippen molar-refractivity contribution >= 4 is 15.9 Å². The molecule has 0 fully saturated rings. The summed E-state index contributed by atoms with van der Waals surface area (Å²) in [5, 5.41) is 17.7. The number of nitrogens with one attached hydrogen (secondary N) is 1. The van der Waals surface area contributed by atoms with Gasteiger partial charge in [-0.1, -0.05) is 0 Å². The van der Waals surface area contributed by atoms with E-state index >= 15 is 0 Å². The Labute approximate surface area is 167 Å². The average molecular weight is 424 g/mol. The summed E-state index contributed by atoms with van der Waals surface area (Å²) in [5.74, 6) is 1.17. The van der Waals surface area contributed by atoms with Crippen LogP contribution >= 0.6 is 0 Å². The lowest BCUT2D eigenvalue weighted by atomic mass is 10.2. The Bertz CT molecular complexity index is 1010. The van der Waals surface area contributed by atoms with Crippen LogP contribution in [0.25, 0.3) is 0 Å². The molecule has 29 heavy (non-hydrogen) atoms. The highest BCUT2D eigenvalue weighted by molar-refractivity contribution is 7.89. The molecule has 0 radical (unpaired) electrons. The maximum absolute atomic E-state index is 12.4. The van der Waals surface area contributed by atoms with Gasteiger partial charge in [0.25, 0.3) is 5.91 Å². The molecule has 4 N–H and O–H groups in total. The fourth-order valence-electron chi connectivity index (χ4n) is 2.57. The molecule has 156 valence electrons. The lowest BCUT2D eigenvalue weighted by Gasteiger charge is -2.15. The molecule has 10 nitrogen and oxygen atoms in total. The predicted molar refractivity (Wildman–Crippen MR) is 101 cm³/mol. The number of benzene rings is 2. The molecule has 0 saturated carbocycles. The number of carbonyl (C=O) groups excluding carboxylic acids is 1. The summed E-state index contributed by atoms with van der Waals surface area (Å²) < 4.78 is 44.0. The maximum Gasteiger partial charge on any atom is 0.255 e. The molecule has 1 heterocycles. The number of nitrogens with two attached hydrogens (primary N) is 1. The minimum absolute atomic E-state index is 0.0251. The van der Waals surface area contributed by atoms with Gasteiger partial charge in [-0.2, -0.15) is 0 Å². The van der Waals surface area contributed by atoms with E-state index in [0.29, 0.717) is 17.2 Å². The van der Waals surface area contributed by atoms with Gasteiger partial charge in [-0.3, -0.25) is 4.79 Å². The van der Waals surface area contributed by atoms with Gasteiger partial charge >= 0.3 is 0 Å². The minimum Gasteiger partial charge on any atom is -0.496 e. The summed E-state index contributed by atoms with van der Waals surface area (Å²) in [6.45, 7) is -0.0794. The molecule has 3 rings (SSSR count). The molecule has 1 amide bonds. The fraction of sp³-hybridized carbons (Fsp3) is 0.278. The molecule has 0 aliphatic carbocycles. The van der Waals surface area contributed by atoms with Crippen molar-refractivity contribution < 1.29 is 37.3 Å². The quantitative estimate of drug-likeness (QED) is 0.546. The standard InChI is InChI=1S/C18H20N2O8S/c1-25-15-5-3-13(29(19,23)24)7-14(15)18(22)20-8-11(21)9-26-12-2-4-16-17(6-12)28-10-27-16/h2-7,11,21H,8-10H2,1H3,(H,20,22)(H2,19,23,24). The summed E-state index contributed by atoms with van der Waals surface area (Å²) in [6.07, 6.45) is -1.02. The van der Waals surface area contributed by atoms with E-state index in [1.807, 2.05) is 0 Å². The number of hydrogen-bond acceptors (Lipinski definition) is 8. The molecular formula is C18H20N2O8S. The molecule has 0 aromatic heterocycles. The van der Waals surface area contributed by atoms with Gasteiger partial charge in [-0.05, 0) is 30.3 Å². The van der Waals surface area contributed by atoms with Crippen molar-refractivity contribution in [2.45, 2.75) is 11.0 Å². The normalized spacial score (nSPS) is 13.6. The third kappa shape index (κ3) is 5.08. The molecule has 0 spiro atoms. The molecule has 11 heteroatoms. The SMILES string of the molecule is COc1ccc(S(N)(=O)=O)cc1C(=O)NCC(O)COc1ccc2c(c1)OCO2. The summed E-state index contributed by atoms with van der Waals surface area (Å²) in [6, 6.07) is 8.67. The molecule has 2 aromatic carbocycles. The number of aliphatic hydroxyl groups excluding tert-OH is 1. The van der Waals surface area contributed by atoms with Gasteiger partial charge in [0.1, 0.15) is 24.2 Å². The topological polar surface area (TPSA) is 146 Å². The van der Waals surface area contributed by atoms with Crippen molar-refractivity contribution in [3.63, 3.8) is 0 Å². The minimum atomic E-state index is -3.98. The summed E-state index contributed by atoms with van der Waals surface area (Å²) >= 11 is 0. The number of ether oxygens (including phenoxy) is 4. The lowest BCUT2D eigenvalue weighted by Crippen LogP contribution is -2.35. The molecule has 1 aliphatic rings. The molecule has 1 aliphatic heterocycles. The highest BCUT2D eigenvalue weighted by atomic mass is 32.2. The van der Waals surface area contributed by atoms with Crippen LogP contribution < -0.4 is 29.4 Å². The first-order valence-corrected chi connectivity index (χ1v) is 10.0. The van der Waals surface area contributed by atoms with E-state index in [2.05, 4.69) is 5.32 Å². The van der Waals surface area contributed by atoms with Gasteiger partial charge < -0.3 is 29.4 Å². The average Bonchev–Trinajstić information content (AvgIpc) is 3.17. The number of rotatable bonds is 8. The third-order valence-electron chi connectivity index (χ3n) is 4.03. The number of hydrogen-bond donors (Lipinski definition) is 3. The number of amides is 1. The number of sulfonamides is 1. The van der Waals surface area contributed by atoms with Crippen LogP contribution in [0.2, 0.25) is 0 Å². The van der Waals surface area contributed by atoms with E-state index in [4.69, 9.17) is 24.1 Å². The van der Waals surface area contributed by atoms with E-state index in [1.165, 1.54) is 19.2 Å². The first-order valence-electron chi connectivity index (χ1n) is 8.47. The van der Waals surface area contributed by atoms with E-state index in [0.717, 1.165) is 6.07 Å². The molecular weight excluding hydrogens is 404 g/mol. The molecule has 0 bridgehead atoms. The van der Waals surface area contributed by atoms with Crippen molar-refractivity contribution in [2.75, 3.05) is 27.1 Å². The van der Waals surface area contributed by atoms with Crippen LogP contribution in [0.3, 0.4) is 0 Å². The lowest BCUT2D eigenvalue weighted by molar-refractivity contribution is 0.0841.